The van der Waals surface area contributed by atoms with E-state index >= 15 is 0 Å². The third kappa shape index (κ3) is 2.14. The van der Waals surface area contributed by atoms with Gasteiger partial charge in [-0.25, -0.2) is 9.59 Å². The van der Waals surface area contributed by atoms with E-state index in [1.807, 2.05) is 0 Å². The minimum absolute atomic E-state index is 0.0502. The highest BCUT2D eigenvalue weighted by molar-refractivity contribution is 6.03. The molecule has 0 heterocycles. The van der Waals surface area contributed by atoms with Crippen molar-refractivity contribution in [2.24, 2.45) is 0 Å². The first-order chi connectivity index (χ1) is 9.43. The molecule has 0 saturated heterocycles. The SMILES string of the molecule is Nc1c(C(=O)O)cccc1-c1cccc(C(=O)O)c1N. The van der Waals surface area contributed by atoms with Gasteiger partial charge in [-0.3, -0.25) is 0 Å². The van der Waals surface area contributed by atoms with Crippen LogP contribution in [0.3, 0.4) is 0 Å². The molecule has 102 valence electrons. The van der Waals surface area contributed by atoms with E-state index in [0.717, 1.165) is 0 Å². The summed E-state index contributed by atoms with van der Waals surface area (Å²) < 4.78 is 0. The van der Waals surface area contributed by atoms with Crippen LogP contribution >= 0.6 is 0 Å². The summed E-state index contributed by atoms with van der Waals surface area (Å²) >= 11 is 0. The number of benzene rings is 2. The third-order valence-electron chi connectivity index (χ3n) is 2.96. The van der Waals surface area contributed by atoms with Gasteiger partial charge in [-0.15, -0.1) is 0 Å². The zero-order valence-corrected chi connectivity index (χ0v) is 10.3. The van der Waals surface area contributed by atoms with E-state index < -0.39 is 11.9 Å². The summed E-state index contributed by atoms with van der Waals surface area (Å²) in [4.78, 5) is 22.1. The lowest BCUT2D eigenvalue weighted by atomic mass is 9.96. The van der Waals surface area contributed by atoms with Crippen LogP contribution in [0.1, 0.15) is 20.7 Å². The number of hydrogen-bond acceptors (Lipinski definition) is 4. The number of carboxylic acid groups (broad SMARTS) is 2. The fraction of sp³-hybridized carbons (Fsp3) is 0. The average molecular weight is 272 g/mol. The molecule has 0 atom stereocenters. The maximum Gasteiger partial charge on any atom is 0.337 e. The standard InChI is InChI=1S/C14H12N2O4/c15-11-7(3-1-5-9(11)13(17)18)8-4-2-6-10(12(8)16)14(19)20/h1-6H,15-16H2,(H,17,18)(H,19,20). The lowest BCUT2D eigenvalue weighted by molar-refractivity contribution is 0.0687. The Balaban J connectivity index is 2.70. The second kappa shape index (κ2) is 4.93. The predicted octanol–water partition coefficient (Wildman–Crippen LogP) is 1.91. The highest BCUT2D eigenvalue weighted by atomic mass is 16.4. The van der Waals surface area contributed by atoms with Gasteiger partial charge in [0, 0.05) is 11.1 Å². The van der Waals surface area contributed by atoms with Crippen LogP contribution in [0.25, 0.3) is 11.1 Å². The van der Waals surface area contributed by atoms with Crippen LogP contribution in [0.4, 0.5) is 11.4 Å². The summed E-state index contributed by atoms with van der Waals surface area (Å²) in [7, 11) is 0. The average Bonchev–Trinajstić information content (AvgIpc) is 2.39. The van der Waals surface area contributed by atoms with Crippen molar-refractivity contribution in [1.29, 1.82) is 0 Å². The topological polar surface area (TPSA) is 127 Å². The van der Waals surface area contributed by atoms with E-state index in [9.17, 15) is 9.59 Å². The molecule has 0 unspecified atom stereocenters. The molecule has 6 heteroatoms. The largest absolute Gasteiger partial charge is 0.478 e. The van der Waals surface area contributed by atoms with Crippen LogP contribution < -0.4 is 11.5 Å². The molecule has 0 bridgehead atoms. The number of nitrogens with two attached hydrogens (primary N) is 2. The number of carbonyl (C=O) groups is 2. The van der Waals surface area contributed by atoms with Gasteiger partial charge in [-0.1, -0.05) is 24.3 Å². The molecule has 0 aliphatic heterocycles. The summed E-state index contributed by atoms with van der Waals surface area (Å²) in [5.74, 6) is -2.31. The van der Waals surface area contributed by atoms with Crippen molar-refractivity contribution < 1.29 is 19.8 Å². The van der Waals surface area contributed by atoms with Crippen molar-refractivity contribution in [3.8, 4) is 11.1 Å². The third-order valence-corrected chi connectivity index (χ3v) is 2.96. The number of aromatic carboxylic acids is 2. The summed E-state index contributed by atoms with van der Waals surface area (Å²) in [6.07, 6.45) is 0. The molecule has 2 rings (SSSR count). The molecule has 2 aromatic carbocycles. The number of rotatable bonds is 3. The van der Waals surface area contributed by atoms with E-state index in [1.54, 1.807) is 12.1 Å². The van der Waals surface area contributed by atoms with Crippen molar-refractivity contribution in [2.75, 3.05) is 11.5 Å². The van der Waals surface area contributed by atoms with Gasteiger partial charge in [-0.2, -0.15) is 0 Å². The first-order valence-electron chi connectivity index (χ1n) is 5.67. The van der Waals surface area contributed by atoms with Gasteiger partial charge in [0.1, 0.15) is 0 Å². The summed E-state index contributed by atoms with van der Waals surface area (Å²) in [6.45, 7) is 0. The van der Waals surface area contributed by atoms with E-state index in [1.165, 1.54) is 24.3 Å². The Labute approximate surface area is 114 Å². The smallest absolute Gasteiger partial charge is 0.337 e. The molecular formula is C14H12N2O4. The van der Waals surface area contributed by atoms with Crippen molar-refractivity contribution in [3.05, 3.63) is 47.5 Å². The first kappa shape index (κ1) is 13.4. The molecule has 20 heavy (non-hydrogen) atoms. The number of carboxylic acids is 2. The van der Waals surface area contributed by atoms with Crippen LogP contribution in [-0.4, -0.2) is 22.2 Å². The van der Waals surface area contributed by atoms with E-state index in [-0.39, 0.29) is 22.5 Å². The minimum atomic E-state index is -1.16. The van der Waals surface area contributed by atoms with Gasteiger partial charge in [0.2, 0.25) is 0 Å². The van der Waals surface area contributed by atoms with Gasteiger partial charge in [0.15, 0.2) is 0 Å². The maximum atomic E-state index is 11.1. The highest BCUT2D eigenvalue weighted by Gasteiger charge is 2.17. The minimum Gasteiger partial charge on any atom is -0.478 e. The zero-order valence-electron chi connectivity index (χ0n) is 10.3. The molecule has 0 aliphatic carbocycles. The monoisotopic (exact) mass is 272 g/mol. The number of hydrogen-bond donors (Lipinski definition) is 4. The molecule has 2 aromatic rings. The number of para-hydroxylation sites is 2. The molecule has 0 radical (unpaired) electrons. The number of anilines is 2. The van der Waals surface area contributed by atoms with E-state index in [2.05, 4.69) is 0 Å². The zero-order chi connectivity index (χ0) is 14.9. The van der Waals surface area contributed by atoms with Gasteiger partial charge in [0.25, 0.3) is 0 Å². The highest BCUT2D eigenvalue weighted by Crippen LogP contribution is 2.34. The van der Waals surface area contributed by atoms with Gasteiger partial charge >= 0.3 is 11.9 Å². The second-order valence-electron chi connectivity index (χ2n) is 4.14. The van der Waals surface area contributed by atoms with Gasteiger partial charge < -0.3 is 21.7 Å². The Kier molecular flexibility index (Phi) is 3.30. The van der Waals surface area contributed by atoms with Crippen LogP contribution in [-0.2, 0) is 0 Å². The Morgan fingerprint density at radius 3 is 1.40 bits per heavy atom. The molecule has 0 aliphatic rings. The number of nitrogen functional groups attached to an aromatic ring is 2. The van der Waals surface area contributed by atoms with Gasteiger partial charge in [0.05, 0.1) is 22.5 Å². The molecule has 6 N–H and O–H groups in total. The van der Waals surface area contributed by atoms with Crippen LogP contribution in [0.5, 0.6) is 0 Å². The summed E-state index contributed by atoms with van der Waals surface area (Å²) in [5.41, 5.74) is 12.4. The molecule has 0 amide bonds. The molecular weight excluding hydrogens is 260 g/mol. The summed E-state index contributed by atoms with van der Waals surface area (Å²) in [6, 6.07) is 9.00. The Hall–Kier alpha value is -3.02. The molecule has 0 aromatic heterocycles. The fourth-order valence-corrected chi connectivity index (χ4v) is 1.97. The second-order valence-corrected chi connectivity index (χ2v) is 4.14. The Bertz CT molecular complexity index is 649. The predicted molar refractivity (Wildman–Crippen MR) is 74.6 cm³/mol. The Morgan fingerprint density at radius 1 is 0.750 bits per heavy atom. The van der Waals surface area contributed by atoms with E-state index in [4.69, 9.17) is 21.7 Å². The summed E-state index contributed by atoms with van der Waals surface area (Å²) in [5, 5.41) is 18.1. The quantitative estimate of drug-likeness (QED) is 0.632. The van der Waals surface area contributed by atoms with Crippen LogP contribution in [0.2, 0.25) is 0 Å². The molecule has 6 nitrogen and oxygen atoms in total. The lowest BCUT2D eigenvalue weighted by Crippen LogP contribution is -2.06. The van der Waals surface area contributed by atoms with Crippen molar-refractivity contribution in [2.45, 2.75) is 0 Å². The van der Waals surface area contributed by atoms with Crippen molar-refractivity contribution in [1.82, 2.24) is 0 Å². The van der Waals surface area contributed by atoms with Crippen molar-refractivity contribution in [3.63, 3.8) is 0 Å². The van der Waals surface area contributed by atoms with Crippen molar-refractivity contribution >= 4 is 23.3 Å². The van der Waals surface area contributed by atoms with E-state index in [0.29, 0.717) is 11.1 Å². The molecule has 0 fully saturated rings. The Morgan fingerprint density at radius 2 is 1.10 bits per heavy atom. The maximum absolute atomic E-state index is 11.1. The first-order valence-corrected chi connectivity index (χ1v) is 5.67. The lowest BCUT2D eigenvalue weighted by Gasteiger charge is -2.12. The fourth-order valence-electron chi connectivity index (χ4n) is 1.97. The molecule has 0 spiro atoms. The van der Waals surface area contributed by atoms with Crippen LogP contribution in [0, 0.1) is 0 Å². The van der Waals surface area contributed by atoms with Gasteiger partial charge in [-0.05, 0) is 12.1 Å². The van der Waals surface area contributed by atoms with Crippen LogP contribution in [0.15, 0.2) is 36.4 Å². The normalized spacial score (nSPS) is 10.2. The molecule has 0 saturated carbocycles.